The van der Waals surface area contributed by atoms with Gasteiger partial charge in [0, 0.05) is 61.2 Å². The number of hydrogen-bond donors (Lipinski definition) is 2. The van der Waals surface area contributed by atoms with Crippen molar-refractivity contribution in [2.75, 3.05) is 32.9 Å². The molecule has 0 spiro atoms. The lowest BCUT2D eigenvalue weighted by Gasteiger charge is -2.32. The van der Waals surface area contributed by atoms with Gasteiger partial charge in [-0.25, -0.2) is 0 Å². The lowest BCUT2D eigenvalue weighted by atomic mass is 10.0. The number of amides is 1. The van der Waals surface area contributed by atoms with Crippen molar-refractivity contribution in [1.82, 2.24) is 25.0 Å². The van der Waals surface area contributed by atoms with Crippen molar-refractivity contribution in [1.29, 1.82) is 5.26 Å². The monoisotopic (exact) mass is 488 g/mol. The second-order valence-electron chi connectivity index (χ2n) is 8.05. The van der Waals surface area contributed by atoms with E-state index in [9.17, 15) is 4.79 Å². The molecule has 172 valence electrons. The van der Waals surface area contributed by atoms with Gasteiger partial charge in [-0.2, -0.15) is 10.4 Å². The summed E-state index contributed by atoms with van der Waals surface area (Å²) < 4.78 is 13.3. The van der Waals surface area contributed by atoms with Crippen LogP contribution in [0.5, 0.6) is 5.75 Å². The molecule has 2 aliphatic heterocycles. The van der Waals surface area contributed by atoms with Crippen LogP contribution in [0.2, 0.25) is 10.0 Å². The number of nitriles is 1. The summed E-state index contributed by atoms with van der Waals surface area (Å²) >= 11 is 13.1. The van der Waals surface area contributed by atoms with Gasteiger partial charge in [-0.3, -0.25) is 9.89 Å². The molecule has 1 amide bonds. The maximum absolute atomic E-state index is 13.1. The van der Waals surface area contributed by atoms with Gasteiger partial charge in [0.05, 0.1) is 46.9 Å². The Kier molecular flexibility index (Phi) is 6.17. The minimum absolute atomic E-state index is 0.0200. The van der Waals surface area contributed by atoms with Crippen LogP contribution in [0.15, 0.2) is 18.5 Å². The smallest absolute Gasteiger partial charge is 0.224 e. The topological polar surface area (TPSA) is 108 Å². The zero-order valence-electron chi connectivity index (χ0n) is 17.7. The number of carbonyl (C=O) groups is 1. The van der Waals surface area contributed by atoms with Crippen LogP contribution < -0.4 is 10.1 Å². The molecule has 2 aromatic heterocycles. The van der Waals surface area contributed by atoms with Crippen molar-refractivity contribution in [3.8, 4) is 22.9 Å². The predicted octanol–water partition coefficient (Wildman–Crippen LogP) is 2.96. The maximum atomic E-state index is 13.1. The van der Waals surface area contributed by atoms with Crippen molar-refractivity contribution in [3.05, 3.63) is 34.2 Å². The first-order chi connectivity index (χ1) is 16.1. The van der Waals surface area contributed by atoms with E-state index in [1.54, 1.807) is 18.5 Å². The summed E-state index contributed by atoms with van der Waals surface area (Å²) in [5, 5.41) is 20.9. The number of hydrogen-bond acceptors (Lipinski definition) is 6. The number of rotatable bonds is 5. The van der Waals surface area contributed by atoms with Crippen molar-refractivity contribution in [2.45, 2.75) is 25.6 Å². The third kappa shape index (κ3) is 4.04. The highest BCUT2D eigenvalue weighted by Gasteiger charge is 2.31. The highest BCUT2D eigenvalue weighted by atomic mass is 35.5. The molecule has 33 heavy (non-hydrogen) atoms. The average molecular weight is 489 g/mol. The number of nitrogens with zero attached hydrogens (tertiary/aromatic N) is 4. The molecule has 1 atom stereocenters. The lowest BCUT2D eigenvalue weighted by Crippen LogP contribution is -2.46. The molecule has 9 nitrogen and oxygen atoms in total. The number of fused-ring (bicyclic) bond motifs is 3. The summed E-state index contributed by atoms with van der Waals surface area (Å²) in [4.78, 5) is 15.0. The molecule has 3 aromatic rings. The fourth-order valence-electron chi connectivity index (χ4n) is 4.62. The van der Waals surface area contributed by atoms with Crippen molar-refractivity contribution >= 4 is 40.0 Å². The second-order valence-corrected chi connectivity index (χ2v) is 8.83. The molecule has 2 aliphatic rings. The van der Waals surface area contributed by atoms with Crippen LogP contribution in [-0.2, 0) is 22.6 Å². The van der Waals surface area contributed by atoms with E-state index in [2.05, 4.69) is 20.1 Å². The third-order valence-corrected chi connectivity index (χ3v) is 6.86. The Balaban J connectivity index is 1.59. The first kappa shape index (κ1) is 22.0. The predicted molar refractivity (Wildman–Crippen MR) is 123 cm³/mol. The van der Waals surface area contributed by atoms with E-state index in [4.69, 9.17) is 37.9 Å². The Morgan fingerprint density at radius 3 is 3.00 bits per heavy atom. The van der Waals surface area contributed by atoms with Crippen LogP contribution >= 0.6 is 23.2 Å². The number of nitrogens with one attached hydrogen (secondary N) is 2. The summed E-state index contributed by atoms with van der Waals surface area (Å²) in [6, 6.07) is 3.65. The molecule has 0 radical (unpaired) electrons. The van der Waals surface area contributed by atoms with Crippen molar-refractivity contribution in [2.24, 2.45) is 0 Å². The van der Waals surface area contributed by atoms with Gasteiger partial charge in [-0.15, -0.1) is 0 Å². The quantitative estimate of drug-likeness (QED) is 0.571. The van der Waals surface area contributed by atoms with Crippen LogP contribution in [0.3, 0.4) is 0 Å². The standard InChI is InChI=1S/C22H22Cl2N6O3/c23-15-8-17(33-5-1-25)20-19(13-9-27-28-10-13)16-11-29(3-4-30(16)22(20)21(15)24)18(31)7-14-12-32-6-2-26-14/h8-10,14,26H,2-7,11-12H2,(H,27,28). The SMILES string of the molecule is N#CCOc1cc(Cl)c(Cl)c2c1c(-c1cn[nH]c1)c1n2CCN(C(=O)CC2COCCN2)C1. The second kappa shape index (κ2) is 9.23. The van der Waals surface area contributed by atoms with Crippen LogP contribution in [0.25, 0.3) is 22.0 Å². The first-order valence-corrected chi connectivity index (χ1v) is 11.4. The molecule has 0 saturated carbocycles. The number of morpholine rings is 1. The number of aromatic amines is 1. The van der Waals surface area contributed by atoms with Gasteiger partial charge in [-0.05, 0) is 0 Å². The molecule has 0 aliphatic carbocycles. The minimum atomic E-state index is -0.126. The normalized spacial score (nSPS) is 18.2. The van der Waals surface area contributed by atoms with E-state index in [-0.39, 0.29) is 18.6 Å². The molecule has 11 heteroatoms. The van der Waals surface area contributed by atoms with Crippen LogP contribution in [0.4, 0.5) is 0 Å². The molecule has 2 N–H and O–H groups in total. The molecule has 1 saturated heterocycles. The first-order valence-electron chi connectivity index (χ1n) is 10.7. The summed E-state index contributed by atoms with van der Waals surface area (Å²) in [5.41, 5.74) is 3.36. The Labute approximate surface area is 200 Å². The molecule has 5 rings (SSSR count). The number of halogens is 2. The molecule has 1 fully saturated rings. The van der Waals surface area contributed by atoms with Gasteiger partial charge in [-0.1, -0.05) is 23.2 Å². The van der Waals surface area contributed by atoms with Gasteiger partial charge in [0.25, 0.3) is 0 Å². The Hall–Kier alpha value is -2.77. The summed E-state index contributed by atoms with van der Waals surface area (Å²) in [7, 11) is 0. The summed E-state index contributed by atoms with van der Waals surface area (Å²) in [5.74, 6) is 0.540. The van der Waals surface area contributed by atoms with Crippen LogP contribution in [0, 0.1) is 11.3 Å². The number of aromatic nitrogens is 3. The fraction of sp³-hybridized carbons (Fsp3) is 0.409. The Morgan fingerprint density at radius 1 is 1.39 bits per heavy atom. The number of H-pyrrole nitrogens is 1. The zero-order chi connectivity index (χ0) is 22.9. The van der Waals surface area contributed by atoms with Crippen LogP contribution in [0.1, 0.15) is 12.1 Å². The number of benzene rings is 1. The van der Waals surface area contributed by atoms with E-state index in [0.717, 1.165) is 34.3 Å². The fourth-order valence-corrected chi connectivity index (χ4v) is 5.06. The Morgan fingerprint density at radius 2 is 2.27 bits per heavy atom. The highest BCUT2D eigenvalue weighted by molar-refractivity contribution is 6.45. The highest BCUT2D eigenvalue weighted by Crippen LogP contribution is 2.47. The molecular weight excluding hydrogens is 467 g/mol. The van der Waals surface area contributed by atoms with Gasteiger partial charge in [0.15, 0.2) is 6.61 Å². The van der Waals surface area contributed by atoms with Gasteiger partial charge >= 0.3 is 0 Å². The van der Waals surface area contributed by atoms with E-state index in [0.29, 0.717) is 55.1 Å². The molecular formula is C22H22Cl2N6O3. The van der Waals surface area contributed by atoms with Gasteiger partial charge in [0.2, 0.25) is 5.91 Å². The van der Waals surface area contributed by atoms with Crippen molar-refractivity contribution in [3.63, 3.8) is 0 Å². The summed E-state index contributed by atoms with van der Waals surface area (Å²) in [6.07, 6.45) is 3.89. The third-order valence-electron chi connectivity index (χ3n) is 6.08. The zero-order valence-corrected chi connectivity index (χ0v) is 19.2. The van der Waals surface area contributed by atoms with Crippen molar-refractivity contribution < 1.29 is 14.3 Å². The number of carbonyl (C=O) groups excluding carboxylic acids is 1. The molecule has 0 bridgehead atoms. The molecule has 4 heterocycles. The Bertz CT molecular complexity index is 1230. The van der Waals surface area contributed by atoms with E-state index >= 15 is 0 Å². The lowest BCUT2D eigenvalue weighted by molar-refractivity contribution is -0.133. The average Bonchev–Trinajstić information content (AvgIpc) is 3.47. The van der Waals surface area contributed by atoms with Gasteiger partial charge in [0.1, 0.15) is 11.8 Å². The molecule has 1 unspecified atom stereocenters. The maximum Gasteiger partial charge on any atom is 0.224 e. The van der Waals surface area contributed by atoms with E-state index < -0.39 is 0 Å². The minimum Gasteiger partial charge on any atom is -0.478 e. The van der Waals surface area contributed by atoms with Gasteiger partial charge < -0.3 is 24.3 Å². The van der Waals surface area contributed by atoms with Crippen LogP contribution in [-0.4, -0.2) is 64.5 Å². The van der Waals surface area contributed by atoms with E-state index in [1.807, 2.05) is 11.0 Å². The number of ether oxygens (including phenoxy) is 2. The largest absolute Gasteiger partial charge is 0.478 e. The van der Waals surface area contributed by atoms with E-state index in [1.165, 1.54) is 0 Å². The molecule has 1 aromatic carbocycles. The summed E-state index contributed by atoms with van der Waals surface area (Å²) in [6.45, 7) is 3.34.